The Bertz CT molecular complexity index is 361. The van der Waals surface area contributed by atoms with Crippen LogP contribution in [0, 0.1) is 18.8 Å². The molecule has 0 aliphatic rings. The second-order valence-electron chi connectivity index (χ2n) is 3.05. The summed E-state index contributed by atoms with van der Waals surface area (Å²) in [5, 5.41) is 3.03. The van der Waals surface area contributed by atoms with Gasteiger partial charge in [-0.2, -0.15) is 0 Å². The Morgan fingerprint density at radius 2 is 2.29 bits per heavy atom. The van der Waals surface area contributed by atoms with Crippen molar-refractivity contribution in [2.45, 2.75) is 13.3 Å². The normalized spacial score (nSPS) is 9.29. The Balaban J connectivity index is 2.73. The predicted octanol–water partition coefficient (Wildman–Crippen LogP) is 0.933. The highest BCUT2D eigenvalue weighted by Crippen LogP contribution is 2.07. The molecular weight excluding hydrogens is 174 g/mol. The van der Waals surface area contributed by atoms with Crippen LogP contribution >= 0.6 is 0 Å². The van der Waals surface area contributed by atoms with Crippen molar-refractivity contribution in [3.8, 4) is 11.8 Å². The van der Waals surface area contributed by atoms with Crippen molar-refractivity contribution in [3.63, 3.8) is 0 Å². The summed E-state index contributed by atoms with van der Waals surface area (Å²) in [6, 6.07) is 3.72. The molecule has 0 spiro atoms. The van der Waals surface area contributed by atoms with Crippen LogP contribution in [0.5, 0.6) is 0 Å². The Labute approximate surface area is 84.7 Å². The molecule has 3 N–H and O–H groups in total. The topological polar surface area (TPSA) is 50.9 Å². The van der Waals surface area contributed by atoms with Gasteiger partial charge in [0.1, 0.15) is 5.69 Å². The highest BCUT2D eigenvalue weighted by atomic mass is 14.8. The number of hydrogen-bond donors (Lipinski definition) is 2. The SMILES string of the molecule is CNCCC#Cc1nc(C)ccc1N. The zero-order chi connectivity index (χ0) is 10.4. The van der Waals surface area contributed by atoms with E-state index in [1.165, 1.54) is 0 Å². The van der Waals surface area contributed by atoms with Gasteiger partial charge in [0, 0.05) is 18.7 Å². The molecule has 0 radical (unpaired) electrons. The van der Waals surface area contributed by atoms with Crippen LogP contribution in [0.25, 0.3) is 0 Å². The molecule has 1 aromatic heterocycles. The van der Waals surface area contributed by atoms with E-state index in [0.29, 0.717) is 11.4 Å². The van der Waals surface area contributed by atoms with Gasteiger partial charge in [-0.1, -0.05) is 5.92 Å². The van der Waals surface area contributed by atoms with Crippen LogP contribution in [0.1, 0.15) is 17.8 Å². The fourth-order valence-electron chi connectivity index (χ4n) is 1.00. The molecule has 1 rings (SSSR count). The lowest BCUT2D eigenvalue weighted by atomic mass is 10.2. The van der Waals surface area contributed by atoms with Crippen LogP contribution in [0.2, 0.25) is 0 Å². The number of nitrogens with two attached hydrogens (primary N) is 1. The number of nitrogens with one attached hydrogen (secondary N) is 1. The summed E-state index contributed by atoms with van der Waals surface area (Å²) >= 11 is 0. The monoisotopic (exact) mass is 189 g/mol. The van der Waals surface area contributed by atoms with Gasteiger partial charge < -0.3 is 11.1 Å². The number of aromatic nitrogens is 1. The number of anilines is 1. The van der Waals surface area contributed by atoms with Crippen LogP contribution in [0.15, 0.2) is 12.1 Å². The van der Waals surface area contributed by atoms with Crippen molar-refractivity contribution in [2.24, 2.45) is 0 Å². The maximum atomic E-state index is 5.72. The van der Waals surface area contributed by atoms with Gasteiger partial charge in [-0.25, -0.2) is 4.98 Å². The second kappa shape index (κ2) is 5.25. The molecule has 0 fully saturated rings. The molecule has 1 heterocycles. The van der Waals surface area contributed by atoms with Gasteiger partial charge in [0.2, 0.25) is 0 Å². The molecule has 0 unspecified atom stereocenters. The lowest BCUT2D eigenvalue weighted by molar-refractivity contribution is 0.818. The van der Waals surface area contributed by atoms with Gasteiger partial charge in [0.05, 0.1) is 5.69 Å². The summed E-state index contributed by atoms with van der Waals surface area (Å²) in [6.45, 7) is 2.82. The Morgan fingerprint density at radius 1 is 1.50 bits per heavy atom. The van der Waals surface area contributed by atoms with Crippen LogP contribution < -0.4 is 11.1 Å². The summed E-state index contributed by atoms with van der Waals surface area (Å²) in [6.07, 6.45) is 0.811. The van der Waals surface area contributed by atoms with E-state index >= 15 is 0 Å². The number of rotatable bonds is 2. The Hall–Kier alpha value is -1.53. The molecule has 0 atom stereocenters. The van der Waals surface area contributed by atoms with E-state index in [9.17, 15) is 0 Å². The molecule has 0 aliphatic heterocycles. The molecule has 0 amide bonds. The number of aryl methyl sites for hydroxylation is 1. The molecule has 74 valence electrons. The summed E-state index contributed by atoms with van der Waals surface area (Å²) < 4.78 is 0. The first kappa shape index (κ1) is 10.6. The Kier molecular flexibility index (Phi) is 3.96. The van der Waals surface area contributed by atoms with Crippen molar-refractivity contribution in [1.29, 1.82) is 0 Å². The van der Waals surface area contributed by atoms with Crippen molar-refractivity contribution in [3.05, 3.63) is 23.5 Å². The number of nitrogen functional groups attached to an aromatic ring is 1. The first-order chi connectivity index (χ1) is 6.74. The average Bonchev–Trinajstić information content (AvgIpc) is 2.18. The quantitative estimate of drug-likeness (QED) is 0.537. The number of nitrogens with zero attached hydrogens (tertiary/aromatic N) is 1. The molecule has 0 aliphatic carbocycles. The van der Waals surface area contributed by atoms with Crippen molar-refractivity contribution in [2.75, 3.05) is 19.3 Å². The third-order valence-electron chi connectivity index (χ3n) is 1.77. The van der Waals surface area contributed by atoms with Gasteiger partial charge in [0.25, 0.3) is 0 Å². The van der Waals surface area contributed by atoms with E-state index in [1.807, 2.05) is 26.1 Å². The molecule has 0 saturated carbocycles. The molecule has 3 heteroatoms. The molecule has 0 bridgehead atoms. The van der Waals surface area contributed by atoms with Gasteiger partial charge in [0.15, 0.2) is 0 Å². The highest BCUT2D eigenvalue weighted by Gasteiger charge is 1.95. The molecule has 0 aromatic carbocycles. The summed E-state index contributed by atoms with van der Waals surface area (Å²) in [5.74, 6) is 5.98. The zero-order valence-electron chi connectivity index (χ0n) is 8.59. The second-order valence-corrected chi connectivity index (χ2v) is 3.05. The molecule has 1 aromatic rings. The largest absolute Gasteiger partial charge is 0.396 e. The van der Waals surface area contributed by atoms with E-state index < -0.39 is 0 Å². The molecule has 3 nitrogen and oxygen atoms in total. The average molecular weight is 189 g/mol. The van der Waals surface area contributed by atoms with E-state index in [0.717, 1.165) is 18.7 Å². The maximum absolute atomic E-state index is 5.72. The van der Waals surface area contributed by atoms with Gasteiger partial charge in [-0.05, 0) is 32.0 Å². The zero-order valence-corrected chi connectivity index (χ0v) is 8.59. The standard InChI is InChI=1S/C11H15N3/c1-9-6-7-10(12)11(14-9)5-3-4-8-13-2/h6-7,13H,4,8,12H2,1-2H3. The van der Waals surface area contributed by atoms with Crippen molar-refractivity contribution < 1.29 is 0 Å². The van der Waals surface area contributed by atoms with Gasteiger partial charge in [-0.15, -0.1) is 0 Å². The van der Waals surface area contributed by atoms with Crippen LogP contribution in [-0.4, -0.2) is 18.6 Å². The minimum absolute atomic E-state index is 0.646. The fourth-order valence-corrected chi connectivity index (χ4v) is 1.00. The van der Waals surface area contributed by atoms with E-state index in [2.05, 4.69) is 22.1 Å². The van der Waals surface area contributed by atoms with Crippen molar-refractivity contribution >= 4 is 5.69 Å². The predicted molar refractivity (Wildman–Crippen MR) is 58.8 cm³/mol. The summed E-state index contributed by atoms with van der Waals surface area (Å²) in [7, 11) is 1.90. The highest BCUT2D eigenvalue weighted by molar-refractivity contribution is 5.51. The maximum Gasteiger partial charge on any atom is 0.136 e. The smallest absolute Gasteiger partial charge is 0.136 e. The first-order valence-corrected chi connectivity index (χ1v) is 4.60. The fraction of sp³-hybridized carbons (Fsp3) is 0.364. The summed E-state index contributed by atoms with van der Waals surface area (Å²) in [5.41, 5.74) is 7.99. The Morgan fingerprint density at radius 3 is 3.00 bits per heavy atom. The molecule has 0 saturated heterocycles. The van der Waals surface area contributed by atoms with Crippen molar-refractivity contribution in [1.82, 2.24) is 10.3 Å². The lowest BCUT2D eigenvalue weighted by Crippen LogP contribution is -2.06. The van der Waals surface area contributed by atoms with E-state index in [-0.39, 0.29) is 0 Å². The van der Waals surface area contributed by atoms with Gasteiger partial charge >= 0.3 is 0 Å². The van der Waals surface area contributed by atoms with Crippen LogP contribution in [0.4, 0.5) is 5.69 Å². The first-order valence-electron chi connectivity index (χ1n) is 4.60. The van der Waals surface area contributed by atoms with Crippen LogP contribution in [-0.2, 0) is 0 Å². The van der Waals surface area contributed by atoms with E-state index in [1.54, 1.807) is 0 Å². The summed E-state index contributed by atoms with van der Waals surface area (Å²) in [4.78, 5) is 4.25. The lowest BCUT2D eigenvalue weighted by Gasteiger charge is -1.97. The third-order valence-corrected chi connectivity index (χ3v) is 1.77. The van der Waals surface area contributed by atoms with Crippen LogP contribution in [0.3, 0.4) is 0 Å². The molecular formula is C11H15N3. The van der Waals surface area contributed by atoms with Gasteiger partial charge in [-0.3, -0.25) is 0 Å². The minimum atomic E-state index is 0.646. The third kappa shape index (κ3) is 3.08. The van der Waals surface area contributed by atoms with E-state index in [4.69, 9.17) is 5.73 Å². The minimum Gasteiger partial charge on any atom is -0.396 e. The number of pyridine rings is 1. The number of hydrogen-bond acceptors (Lipinski definition) is 3. The molecule has 14 heavy (non-hydrogen) atoms.